The summed E-state index contributed by atoms with van der Waals surface area (Å²) in [5.41, 5.74) is 2.29. The molecule has 1 saturated heterocycles. The van der Waals surface area contributed by atoms with Crippen LogP contribution in [0.1, 0.15) is 30.9 Å². The van der Waals surface area contributed by atoms with Gasteiger partial charge in [0.2, 0.25) is 0 Å². The number of sulfonamides is 1. The molecule has 182 valence electrons. The minimum atomic E-state index is -4.07. The number of carbonyl (C=O) groups excluding carboxylic acids is 1. The molecule has 2 heterocycles. The van der Waals surface area contributed by atoms with E-state index in [0.717, 1.165) is 11.1 Å². The van der Waals surface area contributed by atoms with Crippen LogP contribution in [0.4, 0.5) is 0 Å². The Morgan fingerprint density at radius 2 is 1.74 bits per heavy atom. The van der Waals surface area contributed by atoms with Gasteiger partial charge in [-0.1, -0.05) is 59.8 Å². The van der Waals surface area contributed by atoms with Crippen LogP contribution in [0.15, 0.2) is 74.5 Å². The van der Waals surface area contributed by atoms with Crippen molar-refractivity contribution in [1.29, 1.82) is 5.26 Å². The second-order valence-electron chi connectivity index (χ2n) is 8.63. The summed E-state index contributed by atoms with van der Waals surface area (Å²) >= 11 is 1.24. The Kier molecular flexibility index (Phi) is 7.17. The highest BCUT2D eigenvalue weighted by Crippen LogP contribution is 2.57. The quantitative estimate of drug-likeness (QED) is 0.541. The molecule has 1 fully saturated rings. The average molecular weight is 510 g/mol. The molecule has 9 heteroatoms. The first kappa shape index (κ1) is 25.2. The zero-order valence-corrected chi connectivity index (χ0v) is 21.5. The lowest BCUT2D eigenvalue weighted by atomic mass is 9.76. The van der Waals surface area contributed by atoms with Crippen molar-refractivity contribution in [2.45, 2.75) is 36.3 Å². The van der Waals surface area contributed by atoms with E-state index in [1.54, 1.807) is 19.1 Å². The Morgan fingerprint density at radius 1 is 1.11 bits per heavy atom. The number of thioether (sulfide) groups is 1. The third-order valence-electron chi connectivity index (χ3n) is 6.37. The first-order valence-electron chi connectivity index (χ1n) is 11.3. The van der Waals surface area contributed by atoms with E-state index in [9.17, 15) is 18.5 Å². The first-order chi connectivity index (χ1) is 16.7. The van der Waals surface area contributed by atoms with Crippen molar-refractivity contribution < 1.29 is 17.9 Å². The summed E-state index contributed by atoms with van der Waals surface area (Å²) in [5.74, 6) is -0.932. The van der Waals surface area contributed by atoms with Gasteiger partial charge in [0.05, 0.1) is 40.5 Å². The lowest BCUT2D eigenvalue weighted by Crippen LogP contribution is -2.45. The van der Waals surface area contributed by atoms with Gasteiger partial charge in [-0.2, -0.15) is 18.1 Å². The molecule has 2 aliphatic rings. The van der Waals surface area contributed by atoms with E-state index < -0.39 is 20.7 Å². The number of allylic oxidation sites excluding steroid dienone is 1. The zero-order valence-electron chi connectivity index (χ0n) is 19.9. The molecule has 0 aromatic heterocycles. The van der Waals surface area contributed by atoms with Crippen molar-refractivity contribution in [2.24, 2.45) is 4.40 Å². The number of Topliss-reactive ketones (excluding diaryl/α,β-unsaturated/α-hetero) is 1. The Bertz CT molecular complexity index is 1320. The summed E-state index contributed by atoms with van der Waals surface area (Å²) in [4.78, 5) is 15.6. The van der Waals surface area contributed by atoms with Crippen molar-refractivity contribution in [3.63, 3.8) is 0 Å². The lowest BCUT2D eigenvalue weighted by Gasteiger charge is -2.34. The molecule has 2 aromatic carbocycles. The molecule has 2 atom stereocenters. The van der Waals surface area contributed by atoms with Gasteiger partial charge in [0, 0.05) is 19.0 Å². The van der Waals surface area contributed by atoms with Crippen LogP contribution < -0.4 is 0 Å². The smallest absolute Gasteiger partial charge is 0.282 e. The van der Waals surface area contributed by atoms with Crippen molar-refractivity contribution in [3.05, 3.63) is 76.3 Å². The van der Waals surface area contributed by atoms with Crippen LogP contribution in [-0.2, 0) is 19.6 Å². The van der Waals surface area contributed by atoms with Gasteiger partial charge in [-0.25, -0.2) is 0 Å². The summed E-state index contributed by atoms with van der Waals surface area (Å²) < 4.78 is 34.8. The summed E-state index contributed by atoms with van der Waals surface area (Å²) in [6, 6.07) is 18.1. The van der Waals surface area contributed by atoms with Crippen molar-refractivity contribution in [1.82, 2.24) is 4.90 Å². The average Bonchev–Trinajstić information content (AvgIpc) is 3.22. The number of morpholine rings is 1. The Balaban J connectivity index is 1.90. The van der Waals surface area contributed by atoms with Gasteiger partial charge in [0.25, 0.3) is 10.0 Å². The largest absolute Gasteiger partial charge is 0.378 e. The summed E-state index contributed by atoms with van der Waals surface area (Å²) in [6.45, 7) is 7.09. The van der Waals surface area contributed by atoms with Gasteiger partial charge in [-0.3, -0.25) is 4.79 Å². The summed E-state index contributed by atoms with van der Waals surface area (Å²) in [5, 5.41) is 11.0. The summed E-state index contributed by atoms with van der Waals surface area (Å²) in [7, 11) is -4.07. The fourth-order valence-corrected chi connectivity index (χ4v) is 7.32. The van der Waals surface area contributed by atoms with Crippen LogP contribution >= 0.6 is 11.8 Å². The third kappa shape index (κ3) is 4.66. The second kappa shape index (κ2) is 9.97. The number of nitrogens with zero attached hydrogens (tertiary/aromatic N) is 3. The molecule has 2 unspecified atom stereocenters. The van der Waals surface area contributed by atoms with Crippen LogP contribution in [0.2, 0.25) is 0 Å². The molecule has 0 aliphatic carbocycles. The van der Waals surface area contributed by atoms with Crippen molar-refractivity contribution >= 4 is 33.3 Å². The van der Waals surface area contributed by atoms with E-state index in [1.807, 2.05) is 37.3 Å². The molecule has 0 radical (unpaired) electrons. The standard InChI is InChI=1S/C26H27N3O4S2/c1-18-9-11-22(12-10-18)35(31,32)28-19(2)26(20(3)30)24(21-7-5-4-6-8-21)23(17-27)25(34-26)29-13-15-33-16-14-29/h4-12,24H,13-16H2,1-3H3/b28-19+. The van der Waals surface area contributed by atoms with E-state index in [2.05, 4.69) is 15.4 Å². The Hall–Kier alpha value is -2.93. The number of ketones is 1. The molecule has 0 saturated carbocycles. The maximum absolute atomic E-state index is 13.5. The van der Waals surface area contributed by atoms with E-state index >= 15 is 0 Å². The molecule has 0 bridgehead atoms. The molecular formula is C26H27N3O4S2. The van der Waals surface area contributed by atoms with Crippen LogP contribution in [0.5, 0.6) is 0 Å². The predicted molar refractivity (Wildman–Crippen MR) is 137 cm³/mol. The minimum Gasteiger partial charge on any atom is -0.378 e. The molecule has 2 aliphatic heterocycles. The van der Waals surface area contributed by atoms with Gasteiger partial charge in [-0.05, 0) is 38.5 Å². The molecule has 35 heavy (non-hydrogen) atoms. The van der Waals surface area contributed by atoms with Gasteiger partial charge in [0.1, 0.15) is 4.75 Å². The zero-order chi connectivity index (χ0) is 25.2. The second-order valence-corrected chi connectivity index (χ2v) is 11.5. The van der Waals surface area contributed by atoms with E-state index in [4.69, 9.17) is 4.74 Å². The van der Waals surface area contributed by atoms with Crippen LogP contribution in [0.3, 0.4) is 0 Å². The fourth-order valence-electron chi connectivity index (χ4n) is 4.58. The molecule has 4 rings (SSSR count). The number of aryl methyl sites for hydroxylation is 1. The maximum Gasteiger partial charge on any atom is 0.282 e. The molecule has 2 aromatic rings. The normalized spacial score (nSPS) is 23.3. The van der Waals surface area contributed by atoms with E-state index in [1.165, 1.54) is 30.8 Å². The van der Waals surface area contributed by atoms with Crippen LogP contribution in [-0.4, -0.2) is 55.9 Å². The van der Waals surface area contributed by atoms with Crippen LogP contribution in [0.25, 0.3) is 0 Å². The molecule has 0 spiro atoms. The van der Waals surface area contributed by atoms with Crippen LogP contribution in [0, 0.1) is 18.3 Å². The molecule has 0 amide bonds. The van der Waals surface area contributed by atoms with Crippen molar-refractivity contribution in [2.75, 3.05) is 26.3 Å². The van der Waals surface area contributed by atoms with Gasteiger partial charge >= 0.3 is 0 Å². The van der Waals surface area contributed by atoms with Gasteiger partial charge in [0.15, 0.2) is 5.78 Å². The topological polar surface area (TPSA) is 99.8 Å². The van der Waals surface area contributed by atoms with E-state index in [-0.39, 0.29) is 16.4 Å². The number of rotatable bonds is 6. The SMILES string of the molecule is CC(=O)C1(/C(C)=N/S(=O)(=O)c2ccc(C)cc2)SC(N2CCOCC2)=C(C#N)C1c1ccccc1. The summed E-state index contributed by atoms with van der Waals surface area (Å²) in [6.07, 6.45) is 0. The minimum absolute atomic E-state index is 0.0577. The van der Waals surface area contributed by atoms with Crippen molar-refractivity contribution in [3.8, 4) is 6.07 Å². The molecule has 0 N–H and O–H groups in total. The first-order valence-corrected chi connectivity index (χ1v) is 13.6. The number of hydrogen-bond acceptors (Lipinski definition) is 7. The lowest BCUT2D eigenvalue weighted by molar-refractivity contribution is -0.117. The molecule has 7 nitrogen and oxygen atoms in total. The van der Waals surface area contributed by atoms with Gasteiger partial charge in [-0.15, -0.1) is 0 Å². The fraction of sp³-hybridized carbons (Fsp3) is 0.346. The Labute approximate surface area is 210 Å². The monoisotopic (exact) mass is 509 g/mol. The number of nitriles is 1. The Morgan fingerprint density at radius 3 is 2.31 bits per heavy atom. The number of ether oxygens (including phenoxy) is 1. The number of benzene rings is 2. The predicted octanol–water partition coefficient (Wildman–Crippen LogP) is 4.07. The highest BCUT2D eigenvalue weighted by atomic mass is 32.2. The van der Waals surface area contributed by atoms with Gasteiger partial charge < -0.3 is 9.64 Å². The highest BCUT2D eigenvalue weighted by Gasteiger charge is 2.56. The maximum atomic E-state index is 13.5. The number of carbonyl (C=O) groups is 1. The highest BCUT2D eigenvalue weighted by molar-refractivity contribution is 8.06. The van der Waals surface area contributed by atoms with E-state index in [0.29, 0.717) is 36.9 Å². The molecular weight excluding hydrogens is 482 g/mol. The number of hydrogen-bond donors (Lipinski definition) is 0. The third-order valence-corrected chi connectivity index (χ3v) is 9.57.